The predicted octanol–water partition coefficient (Wildman–Crippen LogP) is 5.40. The molecule has 0 aliphatic rings. The highest BCUT2D eigenvalue weighted by Gasteiger charge is 2.24. The van der Waals surface area contributed by atoms with Gasteiger partial charge in [-0.25, -0.2) is 4.68 Å². The summed E-state index contributed by atoms with van der Waals surface area (Å²) in [5, 5.41) is 6.94. The molecule has 0 aliphatic heterocycles. The second kappa shape index (κ2) is 7.57. The van der Waals surface area contributed by atoms with Gasteiger partial charge in [-0.15, -0.1) is 11.6 Å². The Hall–Kier alpha value is -2.59. The number of nitrogens with one attached hydrogen (secondary N) is 1. The number of hydrogen-bond acceptors (Lipinski definition) is 2. The van der Waals surface area contributed by atoms with Gasteiger partial charge in [0.15, 0.2) is 0 Å². The lowest BCUT2D eigenvalue weighted by Gasteiger charge is -2.14. The summed E-state index contributed by atoms with van der Waals surface area (Å²) in [6.07, 6.45) is 0. The van der Waals surface area contributed by atoms with E-state index in [0.717, 1.165) is 22.5 Å². The molecule has 0 unspecified atom stereocenters. The van der Waals surface area contributed by atoms with Gasteiger partial charge < -0.3 is 5.32 Å². The van der Waals surface area contributed by atoms with Gasteiger partial charge in [-0.1, -0.05) is 69.3 Å². The second-order valence-electron chi connectivity index (χ2n) is 7.63. The summed E-state index contributed by atoms with van der Waals surface area (Å²) in [4.78, 5) is 12.8. The number of benzene rings is 2. The summed E-state index contributed by atoms with van der Waals surface area (Å²) in [5.41, 5.74) is 3.51. The van der Waals surface area contributed by atoms with Crippen LogP contribution in [-0.4, -0.2) is 15.7 Å². The van der Waals surface area contributed by atoms with E-state index in [1.54, 1.807) is 4.68 Å². The third-order valence-corrected chi connectivity index (χ3v) is 4.85. The molecule has 3 aromatic rings. The van der Waals surface area contributed by atoms with Crippen LogP contribution in [0.25, 0.3) is 5.69 Å². The maximum absolute atomic E-state index is 12.8. The number of carbonyl (C=O) groups is 1. The van der Waals surface area contributed by atoms with Crippen molar-refractivity contribution >= 4 is 23.3 Å². The van der Waals surface area contributed by atoms with E-state index in [9.17, 15) is 4.79 Å². The fourth-order valence-corrected chi connectivity index (χ4v) is 2.98. The molecule has 0 bridgehead atoms. The number of rotatable bonds is 4. The van der Waals surface area contributed by atoms with Crippen molar-refractivity contribution in [1.82, 2.24) is 9.78 Å². The first-order valence-corrected chi connectivity index (χ1v) is 9.37. The minimum atomic E-state index is -0.774. The smallest absolute Gasteiger partial charge is 0.248 e. The van der Waals surface area contributed by atoms with E-state index in [1.807, 2.05) is 67.6 Å². The van der Waals surface area contributed by atoms with Crippen LogP contribution >= 0.6 is 11.6 Å². The predicted molar refractivity (Wildman–Crippen MR) is 111 cm³/mol. The summed E-state index contributed by atoms with van der Waals surface area (Å²) < 4.78 is 1.78. The average molecular weight is 382 g/mol. The van der Waals surface area contributed by atoms with Gasteiger partial charge in [0.05, 0.1) is 11.4 Å². The van der Waals surface area contributed by atoms with Gasteiger partial charge in [0.25, 0.3) is 0 Å². The molecule has 0 spiro atoms. The molecule has 1 heterocycles. The highest BCUT2D eigenvalue weighted by atomic mass is 35.5. The minimum Gasteiger partial charge on any atom is -0.309 e. The third-order valence-electron chi connectivity index (χ3n) is 4.40. The number of aromatic nitrogens is 2. The van der Waals surface area contributed by atoms with E-state index in [2.05, 4.69) is 26.1 Å². The minimum absolute atomic E-state index is 0.146. The van der Waals surface area contributed by atoms with Gasteiger partial charge in [-0.2, -0.15) is 5.10 Å². The zero-order valence-electron chi connectivity index (χ0n) is 16.0. The van der Waals surface area contributed by atoms with Crippen LogP contribution in [0.5, 0.6) is 0 Å². The fraction of sp³-hybridized carbons (Fsp3) is 0.273. The third kappa shape index (κ3) is 4.22. The molecule has 0 saturated carbocycles. The van der Waals surface area contributed by atoms with E-state index >= 15 is 0 Å². The lowest BCUT2D eigenvalue weighted by molar-refractivity contribution is -0.116. The lowest BCUT2D eigenvalue weighted by atomic mass is 9.92. The van der Waals surface area contributed by atoms with Gasteiger partial charge in [-0.05, 0) is 24.1 Å². The van der Waals surface area contributed by atoms with Crippen LogP contribution in [0.3, 0.4) is 0 Å². The highest BCUT2D eigenvalue weighted by Crippen LogP contribution is 2.29. The van der Waals surface area contributed by atoms with Crippen molar-refractivity contribution in [3.8, 4) is 5.69 Å². The zero-order chi connectivity index (χ0) is 19.6. The molecule has 140 valence electrons. The Bertz CT molecular complexity index is 942. The van der Waals surface area contributed by atoms with Crippen molar-refractivity contribution in [2.24, 2.45) is 0 Å². The number of halogens is 1. The quantitative estimate of drug-likeness (QED) is 0.615. The number of aryl methyl sites for hydroxylation is 1. The Morgan fingerprint density at radius 1 is 1.07 bits per heavy atom. The molecule has 0 fully saturated rings. The van der Waals surface area contributed by atoms with Crippen LogP contribution < -0.4 is 5.32 Å². The van der Waals surface area contributed by atoms with Crippen molar-refractivity contribution in [2.75, 3.05) is 5.32 Å². The number of hydrogen-bond donors (Lipinski definition) is 1. The second-order valence-corrected chi connectivity index (χ2v) is 8.06. The van der Waals surface area contributed by atoms with Crippen molar-refractivity contribution in [3.63, 3.8) is 0 Å². The van der Waals surface area contributed by atoms with Crippen LogP contribution in [-0.2, 0) is 10.2 Å². The molecular formula is C22H24ClN3O. The first-order chi connectivity index (χ1) is 12.8. The normalized spacial score (nSPS) is 12.6. The van der Waals surface area contributed by atoms with Crippen molar-refractivity contribution in [2.45, 2.75) is 38.5 Å². The Morgan fingerprint density at radius 2 is 1.70 bits per heavy atom. The molecule has 27 heavy (non-hydrogen) atoms. The van der Waals surface area contributed by atoms with Crippen molar-refractivity contribution in [3.05, 3.63) is 77.5 Å². The summed E-state index contributed by atoms with van der Waals surface area (Å²) in [6, 6.07) is 19.2. The first-order valence-electron chi connectivity index (χ1n) is 8.94. The topological polar surface area (TPSA) is 46.9 Å². The van der Waals surface area contributed by atoms with E-state index in [-0.39, 0.29) is 11.3 Å². The molecule has 0 radical (unpaired) electrons. The molecule has 3 rings (SSSR count). The SMILES string of the molecule is Cc1ccccc1-n1nc(C(C)(C)C)cc1NC(=O)[C@@H](Cl)c1ccccc1. The molecule has 1 atom stereocenters. The number of anilines is 1. The van der Waals surface area contributed by atoms with Crippen LogP contribution in [0, 0.1) is 6.92 Å². The maximum Gasteiger partial charge on any atom is 0.248 e. The standard InChI is InChI=1S/C22H24ClN3O/c1-15-10-8-9-13-17(15)26-19(14-18(25-26)22(2,3)4)24-21(27)20(23)16-11-6-5-7-12-16/h5-14,20H,1-4H3,(H,24,27)/t20-/m0/s1. The average Bonchev–Trinajstić information content (AvgIpc) is 3.06. The van der Waals surface area contributed by atoms with Crippen LogP contribution in [0.1, 0.15) is 43.0 Å². The summed E-state index contributed by atoms with van der Waals surface area (Å²) in [5.74, 6) is 0.332. The molecular weight excluding hydrogens is 358 g/mol. The van der Waals surface area contributed by atoms with Gasteiger partial charge in [-0.3, -0.25) is 4.79 Å². The molecule has 0 aliphatic carbocycles. The Labute approximate surface area is 165 Å². The van der Waals surface area contributed by atoms with E-state index in [4.69, 9.17) is 16.7 Å². The lowest BCUT2D eigenvalue weighted by Crippen LogP contribution is -2.19. The van der Waals surface area contributed by atoms with E-state index in [0.29, 0.717) is 5.82 Å². The van der Waals surface area contributed by atoms with Crippen molar-refractivity contribution in [1.29, 1.82) is 0 Å². The molecule has 1 N–H and O–H groups in total. The molecule has 4 nitrogen and oxygen atoms in total. The Morgan fingerprint density at radius 3 is 2.33 bits per heavy atom. The molecule has 1 amide bonds. The first kappa shape index (κ1) is 19.2. The van der Waals surface area contributed by atoms with Gasteiger partial charge in [0.2, 0.25) is 5.91 Å². The Kier molecular flexibility index (Phi) is 5.38. The molecule has 1 aromatic heterocycles. The number of para-hydroxylation sites is 1. The van der Waals surface area contributed by atoms with Crippen LogP contribution in [0.2, 0.25) is 0 Å². The highest BCUT2D eigenvalue weighted by molar-refractivity contribution is 6.32. The monoisotopic (exact) mass is 381 g/mol. The van der Waals surface area contributed by atoms with E-state index in [1.165, 1.54) is 0 Å². The summed E-state index contributed by atoms with van der Waals surface area (Å²) >= 11 is 6.39. The van der Waals surface area contributed by atoms with E-state index < -0.39 is 5.38 Å². The number of amides is 1. The number of alkyl halides is 1. The molecule has 2 aromatic carbocycles. The van der Waals surface area contributed by atoms with Crippen LogP contribution in [0.4, 0.5) is 5.82 Å². The fourth-order valence-electron chi connectivity index (χ4n) is 2.78. The molecule has 0 saturated heterocycles. The Balaban J connectivity index is 1.98. The van der Waals surface area contributed by atoms with Gasteiger partial charge >= 0.3 is 0 Å². The number of nitrogens with zero attached hydrogens (tertiary/aromatic N) is 2. The maximum atomic E-state index is 12.8. The largest absolute Gasteiger partial charge is 0.309 e. The number of carbonyl (C=O) groups excluding carboxylic acids is 1. The summed E-state index contributed by atoms with van der Waals surface area (Å²) in [7, 11) is 0. The zero-order valence-corrected chi connectivity index (χ0v) is 16.8. The van der Waals surface area contributed by atoms with Crippen LogP contribution in [0.15, 0.2) is 60.7 Å². The van der Waals surface area contributed by atoms with Gasteiger partial charge in [0.1, 0.15) is 11.2 Å². The molecule has 5 heteroatoms. The van der Waals surface area contributed by atoms with Crippen molar-refractivity contribution < 1.29 is 4.79 Å². The summed E-state index contributed by atoms with van der Waals surface area (Å²) in [6.45, 7) is 8.31. The van der Waals surface area contributed by atoms with Gasteiger partial charge in [0, 0.05) is 11.5 Å².